The van der Waals surface area contributed by atoms with Crippen LogP contribution in [0.2, 0.25) is 0 Å². The van der Waals surface area contributed by atoms with E-state index in [1.165, 1.54) is 31.5 Å². The normalized spacial score (nSPS) is 28.6. The lowest BCUT2D eigenvalue weighted by atomic mass is 9.87. The van der Waals surface area contributed by atoms with Crippen molar-refractivity contribution < 1.29 is 9.53 Å². The van der Waals surface area contributed by atoms with Crippen LogP contribution < -0.4 is 5.32 Å². The molecule has 29 heavy (non-hydrogen) atoms. The molecule has 3 atom stereocenters. The molecular weight excluding hydrogens is 362 g/mol. The number of piperidine rings is 1. The molecule has 0 bridgehead atoms. The largest absolute Gasteiger partial charge is 0.376 e. The van der Waals surface area contributed by atoms with E-state index in [1.807, 2.05) is 0 Å². The summed E-state index contributed by atoms with van der Waals surface area (Å²) < 4.78 is 5.68. The molecule has 3 aliphatic heterocycles. The Labute approximate surface area is 175 Å². The Balaban J connectivity index is 1.32. The molecule has 1 aromatic carbocycles. The molecule has 1 amide bonds. The average molecular weight is 400 g/mol. The monoisotopic (exact) mass is 399 g/mol. The molecule has 3 saturated heterocycles. The fourth-order valence-corrected chi connectivity index (χ4v) is 5.23. The van der Waals surface area contributed by atoms with Gasteiger partial charge in [0.05, 0.1) is 12.0 Å². The predicted molar refractivity (Wildman–Crippen MR) is 116 cm³/mol. The molecule has 1 N–H and O–H groups in total. The first kappa shape index (κ1) is 20.8. The van der Waals surface area contributed by atoms with Gasteiger partial charge in [0.1, 0.15) is 0 Å². The molecular formula is C24H37N3O2. The van der Waals surface area contributed by atoms with Gasteiger partial charge in [0.2, 0.25) is 5.91 Å². The summed E-state index contributed by atoms with van der Waals surface area (Å²) in [6.45, 7) is 8.19. The molecule has 0 unspecified atom stereocenters. The molecule has 0 aliphatic carbocycles. The van der Waals surface area contributed by atoms with Crippen molar-refractivity contribution in [3.63, 3.8) is 0 Å². The molecule has 1 aromatic rings. The van der Waals surface area contributed by atoms with Crippen molar-refractivity contribution in [2.45, 2.75) is 44.6 Å². The lowest BCUT2D eigenvalue weighted by Crippen LogP contribution is -2.49. The zero-order valence-electron chi connectivity index (χ0n) is 17.7. The van der Waals surface area contributed by atoms with Gasteiger partial charge in [0.15, 0.2) is 0 Å². The number of hydrogen-bond donors (Lipinski definition) is 1. The molecule has 4 rings (SSSR count). The van der Waals surface area contributed by atoms with Crippen LogP contribution in [0.3, 0.4) is 0 Å². The van der Waals surface area contributed by atoms with Crippen molar-refractivity contribution in [1.82, 2.24) is 15.1 Å². The number of hydrogen-bond acceptors (Lipinski definition) is 4. The van der Waals surface area contributed by atoms with Gasteiger partial charge in [-0.15, -0.1) is 0 Å². The van der Waals surface area contributed by atoms with Gasteiger partial charge in [0.25, 0.3) is 0 Å². The Morgan fingerprint density at radius 2 is 1.90 bits per heavy atom. The quantitative estimate of drug-likeness (QED) is 0.730. The third-order valence-corrected chi connectivity index (χ3v) is 6.79. The molecule has 160 valence electrons. The molecule has 3 fully saturated rings. The predicted octanol–water partition coefficient (Wildman–Crippen LogP) is 2.56. The Kier molecular flexibility index (Phi) is 7.58. The zero-order chi connectivity index (χ0) is 19.9. The minimum atomic E-state index is 0.105. The highest BCUT2D eigenvalue weighted by Gasteiger charge is 2.33. The number of benzene rings is 1. The molecule has 0 aromatic heterocycles. The van der Waals surface area contributed by atoms with E-state index in [0.29, 0.717) is 12.5 Å². The molecule has 5 nitrogen and oxygen atoms in total. The zero-order valence-corrected chi connectivity index (χ0v) is 17.7. The third kappa shape index (κ3) is 6.27. The summed E-state index contributed by atoms with van der Waals surface area (Å²) in [5, 5.41) is 3.20. The third-order valence-electron chi connectivity index (χ3n) is 6.79. The van der Waals surface area contributed by atoms with E-state index in [9.17, 15) is 4.79 Å². The number of nitrogens with one attached hydrogen (secondary N) is 1. The van der Waals surface area contributed by atoms with Crippen LogP contribution in [0.4, 0.5) is 0 Å². The first-order valence-electron chi connectivity index (χ1n) is 11.6. The molecule has 3 aliphatic rings. The average Bonchev–Trinajstić information content (AvgIpc) is 3.45. The number of ether oxygens (including phenoxy) is 1. The van der Waals surface area contributed by atoms with Crippen molar-refractivity contribution in [2.75, 3.05) is 52.4 Å². The summed E-state index contributed by atoms with van der Waals surface area (Å²) in [4.78, 5) is 18.1. The van der Waals surface area contributed by atoms with Crippen molar-refractivity contribution in [3.8, 4) is 0 Å². The Bertz CT molecular complexity index is 626. The topological polar surface area (TPSA) is 44.8 Å². The van der Waals surface area contributed by atoms with Crippen LogP contribution in [0.25, 0.3) is 0 Å². The van der Waals surface area contributed by atoms with Crippen molar-refractivity contribution in [1.29, 1.82) is 0 Å². The van der Waals surface area contributed by atoms with Gasteiger partial charge in [-0.3, -0.25) is 4.79 Å². The van der Waals surface area contributed by atoms with Crippen LogP contribution in [0.5, 0.6) is 0 Å². The second kappa shape index (κ2) is 10.6. The second-order valence-corrected chi connectivity index (χ2v) is 9.18. The second-order valence-electron chi connectivity index (χ2n) is 9.18. The van der Waals surface area contributed by atoms with Crippen LogP contribution >= 0.6 is 0 Å². The van der Waals surface area contributed by atoms with Gasteiger partial charge in [0, 0.05) is 39.3 Å². The number of rotatable bonds is 8. The van der Waals surface area contributed by atoms with Crippen LogP contribution in [-0.4, -0.2) is 74.2 Å². The molecule has 0 radical (unpaired) electrons. The maximum atomic E-state index is 13.0. The number of nitrogens with zero attached hydrogens (tertiary/aromatic N) is 2. The highest BCUT2D eigenvalue weighted by molar-refractivity contribution is 5.79. The smallest absolute Gasteiger partial charge is 0.224 e. The Morgan fingerprint density at radius 1 is 1.07 bits per heavy atom. The summed E-state index contributed by atoms with van der Waals surface area (Å²) >= 11 is 0. The van der Waals surface area contributed by atoms with Crippen LogP contribution in [0.15, 0.2) is 30.3 Å². The lowest BCUT2D eigenvalue weighted by molar-refractivity contribution is -0.128. The maximum Gasteiger partial charge on any atom is 0.224 e. The maximum absolute atomic E-state index is 13.0. The first-order valence-corrected chi connectivity index (χ1v) is 11.6. The van der Waals surface area contributed by atoms with E-state index in [0.717, 1.165) is 58.5 Å². The Hall–Kier alpha value is -1.43. The van der Waals surface area contributed by atoms with E-state index in [2.05, 4.69) is 45.4 Å². The molecule has 0 spiro atoms. The van der Waals surface area contributed by atoms with E-state index in [1.54, 1.807) is 0 Å². The van der Waals surface area contributed by atoms with Crippen LogP contribution in [0, 0.1) is 11.8 Å². The van der Waals surface area contributed by atoms with Crippen molar-refractivity contribution >= 4 is 5.91 Å². The first-order chi connectivity index (χ1) is 14.3. The SMILES string of the molecule is O=C(NC[C@H]1CCCO1)[C@@H]1C[C@H](CN2CCCC2)CN(CCc2ccccc2)C1. The van der Waals surface area contributed by atoms with E-state index >= 15 is 0 Å². The minimum Gasteiger partial charge on any atom is -0.376 e. The summed E-state index contributed by atoms with van der Waals surface area (Å²) in [7, 11) is 0. The number of carbonyl (C=O) groups excluding carboxylic acids is 1. The summed E-state index contributed by atoms with van der Waals surface area (Å²) in [5.41, 5.74) is 1.38. The highest BCUT2D eigenvalue weighted by Crippen LogP contribution is 2.25. The van der Waals surface area contributed by atoms with Gasteiger partial charge in [-0.25, -0.2) is 0 Å². The number of amides is 1. The van der Waals surface area contributed by atoms with Gasteiger partial charge >= 0.3 is 0 Å². The van der Waals surface area contributed by atoms with Crippen LogP contribution in [-0.2, 0) is 16.0 Å². The van der Waals surface area contributed by atoms with Gasteiger partial charge in [-0.2, -0.15) is 0 Å². The van der Waals surface area contributed by atoms with Gasteiger partial charge < -0.3 is 19.9 Å². The summed E-state index contributed by atoms with van der Waals surface area (Å²) in [6, 6.07) is 10.7. The molecule has 3 heterocycles. The fourth-order valence-electron chi connectivity index (χ4n) is 5.23. The van der Waals surface area contributed by atoms with Crippen molar-refractivity contribution in [3.05, 3.63) is 35.9 Å². The van der Waals surface area contributed by atoms with E-state index in [-0.39, 0.29) is 17.9 Å². The standard InChI is InChI=1S/C24H37N3O2/c28-24(25-16-23-9-6-14-29-23)22-15-21(17-26-11-4-5-12-26)18-27(19-22)13-10-20-7-2-1-3-8-20/h1-3,7-8,21-23H,4-6,9-19H2,(H,25,28)/t21-,22-,23-/m1/s1. The van der Waals surface area contributed by atoms with Gasteiger partial charge in [-0.05, 0) is 63.1 Å². The van der Waals surface area contributed by atoms with E-state index in [4.69, 9.17) is 4.74 Å². The fraction of sp³-hybridized carbons (Fsp3) is 0.708. The minimum absolute atomic E-state index is 0.105. The number of carbonyl (C=O) groups is 1. The molecule has 0 saturated carbocycles. The number of likely N-dealkylation sites (tertiary alicyclic amines) is 2. The highest BCUT2D eigenvalue weighted by atomic mass is 16.5. The lowest BCUT2D eigenvalue weighted by Gasteiger charge is -2.38. The molecule has 5 heteroatoms. The summed E-state index contributed by atoms with van der Waals surface area (Å²) in [5.74, 6) is 0.931. The van der Waals surface area contributed by atoms with E-state index < -0.39 is 0 Å². The van der Waals surface area contributed by atoms with Crippen molar-refractivity contribution in [2.24, 2.45) is 11.8 Å². The summed E-state index contributed by atoms with van der Waals surface area (Å²) in [6.07, 6.45) is 7.15. The van der Waals surface area contributed by atoms with Crippen LogP contribution in [0.1, 0.15) is 37.7 Å². The Morgan fingerprint density at radius 3 is 2.66 bits per heavy atom. The van der Waals surface area contributed by atoms with Gasteiger partial charge in [-0.1, -0.05) is 30.3 Å².